The second kappa shape index (κ2) is 6.01. The molecule has 0 saturated heterocycles. The van der Waals surface area contributed by atoms with Crippen LogP contribution in [0.15, 0.2) is 35.3 Å². The fraction of sp³-hybridized carbons (Fsp3) is 0.312. The topological polar surface area (TPSA) is 75.6 Å². The number of aryl methyl sites for hydroxylation is 1. The summed E-state index contributed by atoms with van der Waals surface area (Å²) < 4.78 is 1.71. The van der Waals surface area contributed by atoms with Crippen LogP contribution in [0.4, 0.5) is 5.95 Å². The third-order valence-corrected chi connectivity index (χ3v) is 3.57. The molecule has 2 heterocycles. The summed E-state index contributed by atoms with van der Waals surface area (Å²) in [6, 6.07) is 7.90. The number of hydrogen-bond acceptors (Lipinski definition) is 4. The third-order valence-electron chi connectivity index (χ3n) is 3.57. The van der Waals surface area contributed by atoms with E-state index in [-0.39, 0.29) is 5.56 Å². The Kier molecular flexibility index (Phi) is 3.91. The summed E-state index contributed by atoms with van der Waals surface area (Å²) in [4.78, 5) is 19.3. The number of anilines is 1. The van der Waals surface area contributed by atoms with Crippen LogP contribution >= 0.6 is 0 Å². The number of unbranched alkanes of at least 4 members (excludes halogenated alkanes) is 1. The lowest BCUT2D eigenvalue weighted by molar-refractivity contribution is 0.825. The van der Waals surface area contributed by atoms with Crippen LogP contribution in [0.3, 0.4) is 0 Å². The van der Waals surface area contributed by atoms with E-state index in [0.717, 1.165) is 30.6 Å². The van der Waals surface area contributed by atoms with Crippen LogP contribution in [0.2, 0.25) is 0 Å². The second-order valence-corrected chi connectivity index (χ2v) is 5.29. The van der Waals surface area contributed by atoms with Crippen LogP contribution < -0.4 is 10.9 Å². The van der Waals surface area contributed by atoms with E-state index in [2.05, 4.69) is 27.3 Å². The summed E-state index contributed by atoms with van der Waals surface area (Å²) >= 11 is 0. The molecule has 2 N–H and O–H groups in total. The molecule has 22 heavy (non-hydrogen) atoms. The van der Waals surface area contributed by atoms with E-state index in [4.69, 9.17) is 0 Å². The maximum absolute atomic E-state index is 12.2. The Bertz CT molecular complexity index is 849. The first-order valence-electron chi connectivity index (χ1n) is 7.48. The van der Waals surface area contributed by atoms with Crippen LogP contribution in [-0.4, -0.2) is 26.3 Å². The number of hydrogen-bond donors (Lipinski definition) is 2. The van der Waals surface area contributed by atoms with Gasteiger partial charge in [-0.1, -0.05) is 31.5 Å². The molecule has 2 aromatic heterocycles. The summed E-state index contributed by atoms with van der Waals surface area (Å²) in [6.45, 7) is 4.91. The van der Waals surface area contributed by atoms with E-state index in [1.54, 1.807) is 10.9 Å². The number of aromatic amines is 1. The molecule has 0 saturated carbocycles. The molecule has 1 aromatic carbocycles. The number of benzene rings is 1. The van der Waals surface area contributed by atoms with Gasteiger partial charge in [-0.25, -0.2) is 4.68 Å². The first-order chi connectivity index (χ1) is 10.7. The number of rotatable bonds is 5. The van der Waals surface area contributed by atoms with Crippen molar-refractivity contribution in [2.45, 2.75) is 26.7 Å². The van der Waals surface area contributed by atoms with Crippen molar-refractivity contribution in [3.05, 3.63) is 46.4 Å². The van der Waals surface area contributed by atoms with Gasteiger partial charge in [0.05, 0.1) is 5.69 Å². The molecular weight excluding hydrogens is 278 g/mol. The Hall–Kier alpha value is -2.63. The van der Waals surface area contributed by atoms with Gasteiger partial charge in [-0.3, -0.25) is 9.78 Å². The van der Waals surface area contributed by atoms with Crippen molar-refractivity contribution < 1.29 is 0 Å². The SMILES string of the molecule is CCCCNc1nc2nn(-c3ccccc3C)cc2c(=O)[nH]1. The standard InChI is InChI=1S/C16H19N5O/c1-3-4-9-17-16-18-14-12(15(22)19-16)10-21(20-14)13-8-6-5-7-11(13)2/h5-8,10H,3-4,9H2,1-2H3,(H2,17,18,19,20,22). The minimum atomic E-state index is -0.177. The summed E-state index contributed by atoms with van der Waals surface area (Å²) in [5.74, 6) is 0.473. The Morgan fingerprint density at radius 3 is 2.91 bits per heavy atom. The summed E-state index contributed by atoms with van der Waals surface area (Å²) in [7, 11) is 0. The average molecular weight is 297 g/mol. The fourth-order valence-corrected chi connectivity index (χ4v) is 2.33. The molecule has 0 unspecified atom stereocenters. The molecule has 6 heteroatoms. The highest BCUT2D eigenvalue weighted by molar-refractivity contribution is 5.74. The van der Waals surface area contributed by atoms with Gasteiger partial charge in [0, 0.05) is 12.7 Å². The number of para-hydroxylation sites is 1. The first-order valence-corrected chi connectivity index (χ1v) is 7.48. The Morgan fingerprint density at radius 1 is 1.32 bits per heavy atom. The molecule has 0 aliphatic heterocycles. The molecule has 0 bridgehead atoms. The number of fused-ring (bicyclic) bond motifs is 1. The van der Waals surface area contributed by atoms with Gasteiger partial charge >= 0.3 is 0 Å². The molecule has 0 amide bonds. The van der Waals surface area contributed by atoms with Crippen molar-refractivity contribution in [2.24, 2.45) is 0 Å². The van der Waals surface area contributed by atoms with Crippen LogP contribution in [0.25, 0.3) is 16.7 Å². The van der Waals surface area contributed by atoms with Crippen molar-refractivity contribution in [2.75, 3.05) is 11.9 Å². The van der Waals surface area contributed by atoms with Crippen LogP contribution in [0.5, 0.6) is 0 Å². The largest absolute Gasteiger partial charge is 0.356 e. The zero-order valence-corrected chi connectivity index (χ0v) is 12.8. The smallest absolute Gasteiger partial charge is 0.263 e. The minimum Gasteiger partial charge on any atom is -0.356 e. The van der Waals surface area contributed by atoms with Crippen LogP contribution in [0.1, 0.15) is 25.3 Å². The van der Waals surface area contributed by atoms with Gasteiger partial charge in [0.1, 0.15) is 5.39 Å². The molecule has 3 aromatic rings. The summed E-state index contributed by atoms with van der Waals surface area (Å²) in [5, 5.41) is 8.05. The van der Waals surface area contributed by atoms with Gasteiger partial charge in [-0.2, -0.15) is 4.98 Å². The molecule has 0 aliphatic carbocycles. The van der Waals surface area contributed by atoms with Crippen molar-refractivity contribution in [1.82, 2.24) is 19.7 Å². The van der Waals surface area contributed by atoms with Crippen molar-refractivity contribution in [3.8, 4) is 5.69 Å². The molecule has 6 nitrogen and oxygen atoms in total. The minimum absolute atomic E-state index is 0.177. The van der Waals surface area contributed by atoms with E-state index in [1.807, 2.05) is 31.2 Å². The quantitative estimate of drug-likeness (QED) is 0.710. The molecule has 3 rings (SSSR count). The van der Waals surface area contributed by atoms with Crippen LogP contribution in [-0.2, 0) is 0 Å². The summed E-state index contributed by atoms with van der Waals surface area (Å²) in [6.07, 6.45) is 3.83. The normalized spacial score (nSPS) is 11.0. The van der Waals surface area contributed by atoms with Crippen LogP contribution in [0, 0.1) is 6.92 Å². The number of nitrogens with zero attached hydrogens (tertiary/aromatic N) is 3. The van der Waals surface area contributed by atoms with Crippen molar-refractivity contribution >= 4 is 17.0 Å². The molecule has 0 atom stereocenters. The lowest BCUT2D eigenvalue weighted by Crippen LogP contribution is -2.13. The monoisotopic (exact) mass is 297 g/mol. The Morgan fingerprint density at radius 2 is 2.14 bits per heavy atom. The van der Waals surface area contributed by atoms with E-state index in [9.17, 15) is 4.79 Å². The van der Waals surface area contributed by atoms with Gasteiger partial charge in [-0.05, 0) is 25.0 Å². The number of H-pyrrole nitrogens is 1. The third kappa shape index (κ3) is 2.72. The molecular formula is C16H19N5O. The summed E-state index contributed by atoms with van der Waals surface area (Å²) in [5.41, 5.74) is 2.31. The van der Waals surface area contributed by atoms with Gasteiger partial charge in [0.25, 0.3) is 5.56 Å². The maximum atomic E-state index is 12.2. The van der Waals surface area contributed by atoms with Gasteiger partial charge in [0.2, 0.25) is 5.95 Å². The molecule has 0 spiro atoms. The highest BCUT2D eigenvalue weighted by atomic mass is 16.1. The molecule has 0 aliphatic rings. The van der Waals surface area contributed by atoms with E-state index in [1.165, 1.54) is 0 Å². The number of aromatic nitrogens is 4. The van der Waals surface area contributed by atoms with Crippen molar-refractivity contribution in [1.29, 1.82) is 0 Å². The highest BCUT2D eigenvalue weighted by Crippen LogP contribution is 2.15. The van der Waals surface area contributed by atoms with Crippen molar-refractivity contribution in [3.63, 3.8) is 0 Å². The first kappa shape index (κ1) is 14.3. The average Bonchev–Trinajstić information content (AvgIpc) is 2.92. The molecule has 0 radical (unpaired) electrons. The lowest BCUT2D eigenvalue weighted by Gasteiger charge is -2.03. The molecule has 114 valence electrons. The Balaban J connectivity index is 2.01. The van der Waals surface area contributed by atoms with Gasteiger partial charge in [0.15, 0.2) is 5.65 Å². The Labute approximate surface area is 128 Å². The zero-order valence-electron chi connectivity index (χ0n) is 12.8. The van der Waals surface area contributed by atoms with Gasteiger partial charge in [-0.15, -0.1) is 5.10 Å². The highest BCUT2D eigenvalue weighted by Gasteiger charge is 2.10. The predicted molar refractivity (Wildman–Crippen MR) is 87.6 cm³/mol. The fourth-order valence-electron chi connectivity index (χ4n) is 2.33. The lowest BCUT2D eigenvalue weighted by atomic mass is 10.2. The second-order valence-electron chi connectivity index (χ2n) is 5.29. The number of nitrogens with one attached hydrogen (secondary N) is 2. The predicted octanol–water partition coefficient (Wildman–Crippen LogP) is 2.63. The van der Waals surface area contributed by atoms with E-state index < -0.39 is 0 Å². The van der Waals surface area contributed by atoms with E-state index >= 15 is 0 Å². The van der Waals surface area contributed by atoms with Gasteiger partial charge < -0.3 is 5.32 Å². The zero-order chi connectivity index (χ0) is 15.5. The molecule has 0 fully saturated rings. The van der Waals surface area contributed by atoms with E-state index in [0.29, 0.717) is 17.0 Å². The maximum Gasteiger partial charge on any atom is 0.263 e.